The monoisotopic (exact) mass is 1300 g/mol. The Bertz CT molecular complexity index is 5320. The molecule has 0 radical (unpaired) electrons. The van der Waals surface area contributed by atoms with Crippen molar-refractivity contribution in [3.05, 3.63) is 312 Å². The van der Waals surface area contributed by atoms with Gasteiger partial charge in [-0.25, -0.2) is 0 Å². The summed E-state index contributed by atoms with van der Waals surface area (Å²) in [5, 5.41) is 0. The van der Waals surface area contributed by atoms with Crippen molar-refractivity contribution in [1.29, 1.82) is 0 Å². The SMILES string of the molecule is Cc1c(C)c(C)c2c(c1C)Cc1cccnc1-2.Cc1ccc2c(c1C)Cc1c(C)ccnc1-2.Cc1ccc2c(n1)-c1cc(C)c(C)c(C)c1C2.Cc1ccc2c(n1)-c1ccc(C)c(C)c1C2.Cc1cnc2c(c1)Cc1c-2cc(C)c(C)c1C.Cc1cnc2c(c1)Cc1c-2ccc(C)c1C. The van der Waals surface area contributed by atoms with Crippen molar-refractivity contribution in [3.63, 3.8) is 0 Å². The molecule has 6 aromatic heterocycles. The summed E-state index contributed by atoms with van der Waals surface area (Å²) in [5.74, 6) is 0. The van der Waals surface area contributed by atoms with Crippen LogP contribution in [-0.2, 0) is 38.5 Å². The van der Waals surface area contributed by atoms with E-state index in [1.54, 1.807) is 0 Å². The van der Waals surface area contributed by atoms with Crippen LogP contribution in [-0.4, -0.2) is 29.9 Å². The van der Waals surface area contributed by atoms with Gasteiger partial charge in [0.1, 0.15) is 0 Å². The predicted octanol–water partition coefficient (Wildman–Crippen LogP) is 22.4. The first-order valence-corrected chi connectivity index (χ1v) is 35.6. The minimum absolute atomic E-state index is 1.05. The van der Waals surface area contributed by atoms with Crippen LogP contribution in [0.15, 0.2) is 128 Å². The number of hydrogen-bond donors (Lipinski definition) is 0. The second-order valence-electron chi connectivity index (χ2n) is 29.4. The molecule has 0 aliphatic heterocycles. The lowest BCUT2D eigenvalue weighted by atomic mass is 9.90. The highest BCUT2D eigenvalue weighted by Gasteiger charge is 2.29. The zero-order valence-electron chi connectivity index (χ0n) is 62.6. The Balaban J connectivity index is 0.000000107. The largest absolute Gasteiger partial charge is 0.256 e. The van der Waals surface area contributed by atoms with Crippen LogP contribution in [0, 0.1) is 145 Å². The first-order valence-electron chi connectivity index (χ1n) is 35.6. The average Bonchev–Trinajstić information content (AvgIpc) is 1.63. The Morgan fingerprint density at radius 3 is 1.15 bits per heavy atom. The molecule has 6 aromatic carbocycles. The molecule has 6 nitrogen and oxygen atoms in total. The quantitative estimate of drug-likeness (QED) is 0.151. The molecule has 0 saturated carbocycles. The zero-order valence-corrected chi connectivity index (χ0v) is 62.6. The van der Waals surface area contributed by atoms with E-state index in [-0.39, 0.29) is 0 Å². The summed E-state index contributed by atoms with van der Waals surface area (Å²) < 4.78 is 0. The first kappa shape index (κ1) is 67.8. The van der Waals surface area contributed by atoms with E-state index in [1.165, 1.54) is 240 Å². The van der Waals surface area contributed by atoms with Gasteiger partial charge in [0.2, 0.25) is 0 Å². The van der Waals surface area contributed by atoms with Crippen LogP contribution in [0.4, 0.5) is 0 Å². The molecule has 0 amide bonds. The molecule has 6 aliphatic rings. The van der Waals surface area contributed by atoms with E-state index in [2.05, 4.69) is 267 Å². The number of hydrogen-bond acceptors (Lipinski definition) is 6. The highest BCUT2D eigenvalue weighted by atomic mass is 14.7. The van der Waals surface area contributed by atoms with Gasteiger partial charge in [-0.15, -0.1) is 0 Å². The van der Waals surface area contributed by atoms with Gasteiger partial charge in [-0.05, 0) is 354 Å². The minimum atomic E-state index is 1.05. The topological polar surface area (TPSA) is 77.3 Å². The summed E-state index contributed by atoms with van der Waals surface area (Å²) >= 11 is 0. The molecule has 12 aromatic rings. The molecule has 6 heteroatoms. The molecule has 6 aliphatic carbocycles. The van der Waals surface area contributed by atoms with E-state index in [0.29, 0.717) is 0 Å². The minimum Gasteiger partial charge on any atom is -0.256 e. The summed E-state index contributed by atoms with van der Waals surface area (Å²) in [4.78, 5) is 27.7. The Hall–Kier alpha value is -9.78. The zero-order chi connectivity index (χ0) is 70.3. The second-order valence-corrected chi connectivity index (χ2v) is 29.4. The maximum absolute atomic E-state index is 4.71. The van der Waals surface area contributed by atoms with Crippen LogP contribution in [0.1, 0.15) is 184 Å². The lowest BCUT2D eigenvalue weighted by molar-refractivity contribution is 1.15. The summed E-state index contributed by atoms with van der Waals surface area (Å²) in [7, 11) is 0. The van der Waals surface area contributed by atoms with Crippen LogP contribution in [0.5, 0.6) is 0 Å². The van der Waals surface area contributed by atoms with E-state index in [4.69, 9.17) is 4.98 Å². The van der Waals surface area contributed by atoms with Crippen molar-refractivity contribution < 1.29 is 0 Å². The van der Waals surface area contributed by atoms with Gasteiger partial charge in [-0.1, -0.05) is 66.7 Å². The van der Waals surface area contributed by atoms with Gasteiger partial charge < -0.3 is 0 Å². The number of fused-ring (bicyclic) bond motifs is 18. The molecule has 0 N–H and O–H groups in total. The summed E-state index contributed by atoms with van der Waals surface area (Å²) in [6.45, 7) is 45.9. The third-order valence-corrected chi connectivity index (χ3v) is 23.3. The number of rotatable bonds is 0. The molecule has 0 saturated heterocycles. The standard InChI is InChI=1S/3C16H17N.3C15H15N/c1-9-5-13-7-14-12(4)11(3)10(2)6-15(14)16(13)17-8-9;1-9-7-15-14(12(4)11(9)3)8-13-6-5-10(2)17-16(13)15;1-9-10(2)12(4)15-14(11(9)3)8-13-6-5-7-17-16(13)15;1-9-4-7-13-14(11(9)3)8-12-6-5-10(2)16-15(12)13;1-9-6-12-7-14-11(3)10(2)4-5-13(14)15(12)16-8-9;1-9-4-5-12-14(11(9)3)8-13-10(2)6-7-16-15(12)13/h5-6,8H,7H2,1-4H3;2*5-7H,8H2,1-4H3;4-7H,8H2,1-3H3;4-6,8H,7H2,1-3H3;4-7H,8H2,1-3H3. The van der Waals surface area contributed by atoms with Gasteiger partial charge in [0, 0.05) is 108 Å². The van der Waals surface area contributed by atoms with Gasteiger partial charge in [-0.3, -0.25) is 29.9 Å². The van der Waals surface area contributed by atoms with Crippen molar-refractivity contribution in [3.8, 4) is 67.5 Å². The molecule has 6 heterocycles. The van der Waals surface area contributed by atoms with Gasteiger partial charge in [0.15, 0.2) is 0 Å². The Morgan fingerprint density at radius 2 is 0.626 bits per heavy atom. The molecule has 18 rings (SSSR count). The van der Waals surface area contributed by atoms with E-state index in [1.807, 2.05) is 30.9 Å². The Labute approximate surface area is 589 Å². The van der Waals surface area contributed by atoms with Crippen molar-refractivity contribution in [2.75, 3.05) is 0 Å². The second kappa shape index (κ2) is 26.8. The predicted molar refractivity (Wildman–Crippen MR) is 414 cm³/mol. The third kappa shape index (κ3) is 12.4. The van der Waals surface area contributed by atoms with E-state index < -0.39 is 0 Å². The Morgan fingerprint density at radius 1 is 0.232 bits per heavy atom. The van der Waals surface area contributed by atoms with Crippen molar-refractivity contribution in [1.82, 2.24) is 29.9 Å². The van der Waals surface area contributed by atoms with Gasteiger partial charge in [0.25, 0.3) is 0 Å². The van der Waals surface area contributed by atoms with Gasteiger partial charge >= 0.3 is 0 Å². The lowest BCUT2D eigenvalue weighted by Crippen LogP contribution is -1.98. The molecule has 0 unspecified atom stereocenters. The maximum Gasteiger partial charge on any atom is 0.0743 e. The highest BCUT2D eigenvalue weighted by Crippen LogP contribution is 2.45. The Kier molecular flexibility index (Phi) is 18.4. The van der Waals surface area contributed by atoms with Crippen molar-refractivity contribution >= 4 is 0 Å². The third-order valence-electron chi connectivity index (χ3n) is 23.3. The van der Waals surface area contributed by atoms with Crippen LogP contribution in [0.2, 0.25) is 0 Å². The lowest BCUT2D eigenvalue weighted by Gasteiger charge is -2.15. The summed E-state index contributed by atoms with van der Waals surface area (Å²) in [5.41, 5.74) is 61.0. The van der Waals surface area contributed by atoms with Crippen LogP contribution in [0.3, 0.4) is 0 Å². The van der Waals surface area contributed by atoms with E-state index in [9.17, 15) is 0 Å². The summed E-state index contributed by atoms with van der Waals surface area (Å²) in [6.07, 6.45) is 14.0. The molecule has 0 spiro atoms. The fourth-order valence-corrected chi connectivity index (χ4v) is 16.0. The van der Waals surface area contributed by atoms with Crippen molar-refractivity contribution in [2.45, 2.75) is 184 Å². The number of nitrogens with zero attached hydrogens (tertiary/aromatic N) is 6. The number of aromatic nitrogens is 6. The van der Waals surface area contributed by atoms with Gasteiger partial charge in [0.05, 0.1) is 34.2 Å². The molecule has 0 atom stereocenters. The molecule has 0 bridgehead atoms. The summed E-state index contributed by atoms with van der Waals surface area (Å²) in [6, 6.07) is 37.4. The molecular formula is C93H96N6. The normalized spacial score (nSPS) is 12.5. The van der Waals surface area contributed by atoms with Crippen LogP contribution < -0.4 is 0 Å². The van der Waals surface area contributed by atoms with Crippen LogP contribution in [0.25, 0.3) is 67.5 Å². The first-order chi connectivity index (χ1) is 47.3. The number of aryl methyl sites for hydroxylation is 10. The average molecular weight is 1300 g/mol. The smallest absolute Gasteiger partial charge is 0.0743 e. The van der Waals surface area contributed by atoms with Gasteiger partial charge in [-0.2, -0.15) is 0 Å². The number of benzene rings is 6. The van der Waals surface area contributed by atoms with E-state index >= 15 is 0 Å². The number of pyridine rings is 6. The molecule has 498 valence electrons. The molecular weight excluding hydrogens is 1200 g/mol. The maximum atomic E-state index is 4.71. The highest BCUT2D eigenvalue weighted by molar-refractivity contribution is 5.82. The molecule has 99 heavy (non-hydrogen) atoms. The van der Waals surface area contributed by atoms with Crippen LogP contribution >= 0.6 is 0 Å². The van der Waals surface area contributed by atoms with E-state index in [0.717, 1.165) is 49.9 Å². The fraction of sp³-hybridized carbons (Fsp3) is 0.290. The van der Waals surface area contributed by atoms with Crippen molar-refractivity contribution in [2.24, 2.45) is 0 Å². The fourth-order valence-electron chi connectivity index (χ4n) is 16.0. The molecule has 0 fully saturated rings.